The number of rotatable bonds is 0. The first-order chi connectivity index (χ1) is 7.99. The lowest BCUT2D eigenvalue weighted by atomic mass is 9.99. The number of nitrogens with zero attached hydrogens (tertiary/aromatic N) is 1. The van der Waals surface area contributed by atoms with E-state index in [-0.39, 0.29) is 17.1 Å². The number of carbonyl (C=O) groups excluding carboxylic acids is 1. The third-order valence-electron chi connectivity index (χ3n) is 3.03. The second kappa shape index (κ2) is 2.83. The number of carbonyl (C=O) groups is 1. The molecule has 0 saturated carbocycles. The van der Waals surface area contributed by atoms with Gasteiger partial charge >= 0.3 is 0 Å². The van der Waals surface area contributed by atoms with E-state index in [0.717, 1.165) is 0 Å². The van der Waals surface area contributed by atoms with E-state index in [4.69, 9.17) is 5.73 Å². The molecular formula is C10H10N4O3. The molecular weight excluding hydrogens is 224 g/mol. The summed E-state index contributed by atoms with van der Waals surface area (Å²) in [5.41, 5.74) is 6.16. The van der Waals surface area contributed by atoms with Crippen molar-refractivity contribution >= 4 is 11.7 Å². The number of Topliss-reactive ketones (excluding diaryl/α,β-unsaturated/α-hetero) is 1. The maximum atomic E-state index is 12.0. The summed E-state index contributed by atoms with van der Waals surface area (Å²) in [5.74, 6) is -0.763. The van der Waals surface area contributed by atoms with E-state index in [1.807, 2.05) is 0 Å². The molecule has 7 heteroatoms. The van der Waals surface area contributed by atoms with Gasteiger partial charge in [-0.1, -0.05) is 24.3 Å². The van der Waals surface area contributed by atoms with E-state index in [9.17, 15) is 15.0 Å². The first-order valence-corrected chi connectivity index (χ1v) is 4.96. The zero-order chi connectivity index (χ0) is 12.3. The van der Waals surface area contributed by atoms with Crippen LogP contribution in [0.25, 0.3) is 0 Å². The van der Waals surface area contributed by atoms with Crippen molar-refractivity contribution in [1.82, 2.24) is 10.9 Å². The van der Waals surface area contributed by atoms with Crippen LogP contribution in [0, 0.1) is 0 Å². The standard InChI is InChI=1S/C10H10N4O3/c11-8-12-9(16)6-4-2-1-3-5(6)7(15)10(9,17)14-13-8/h1-4,14,16-17H,(H3,11,12,13). The van der Waals surface area contributed by atoms with Crippen LogP contribution in [0.15, 0.2) is 29.3 Å². The molecule has 0 aromatic heterocycles. The summed E-state index contributed by atoms with van der Waals surface area (Å²) in [4.78, 5) is 15.8. The number of nitrogens with two attached hydrogens (primary N) is 1. The fourth-order valence-electron chi connectivity index (χ4n) is 2.18. The van der Waals surface area contributed by atoms with Gasteiger partial charge in [0.15, 0.2) is 0 Å². The van der Waals surface area contributed by atoms with Crippen LogP contribution in [-0.2, 0) is 5.72 Å². The van der Waals surface area contributed by atoms with Gasteiger partial charge in [-0.2, -0.15) is 5.43 Å². The summed E-state index contributed by atoms with van der Waals surface area (Å²) in [6, 6.07) is 6.32. The number of nitrogens with one attached hydrogen (secondary N) is 2. The summed E-state index contributed by atoms with van der Waals surface area (Å²) in [7, 11) is 0. The molecule has 1 aromatic carbocycles. The molecule has 2 atom stereocenters. The Hall–Kier alpha value is -1.96. The molecule has 1 aliphatic carbocycles. The topological polar surface area (TPSA) is 120 Å². The molecule has 7 nitrogen and oxygen atoms in total. The number of aliphatic hydroxyl groups is 2. The van der Waals surface area contributed by atoms with Crippen molar-refractivity contribution in [3.63, 3.8) is 0 Å². The highest BCUT2D eigenvalue weighted by Gasteiger charge is 2.65. The van der Waals surface area contributed by atoms with E-state index in [1.54, 1.807) is 12.1 Å². The number of ketones is 1. The molecule has 0 amide bonds. The van der Waals surface area contributed by atoms with E-state index < -0.39 is 17.2 Å². The smallest absolute Gasteiger partial charge is 0.252 e. The number of aliphatic imine (C=N–C) groups is 1. The van der Waals surface area contributed by atoms with Gasteiger partial charge in [0.25, 0.3) is 5.72 Å². The summed E-state index contributed by atoms with van der Waals surface area (Å²) in [6.07, 6.45) is 0. The number of hydrogen-bond acceptors (Lipinski definition) is 7. The summed E-state index contributed by atoms with van der Waals surface area (Å²) in [5, 5.41) is 20.7. The van der Waals surface area contributed by atoms with Crippen LogP contribution in [0.4, 0.5) is 0 Å². The van der Waals surface area contributed by atoms with Gasteiger partial charge in [0, 0.05) is 11.1 Å². The van der Waals surface area contributed by atoms with Crippen LogP contribution in [0.2, 0.25) is 0 Å². The van der Waals surface area contributed by atoms with Gasteiger partial charge in [-0.15, -0.1) is 0 Å². The molecule has 1 heterocycles. The van der Waals surface area contributed by atoms with Gasteiger partial charge in [0.1, 0.15) is 0 Å². The van der Waals surface area contributed by atoms with Crippen LogP contribution in [0.5, 0.6) is 0 Å². The highest BCUT2D eigenvalue weighted by atomic mass is 16.4. The van der Waals surface area contributed by atoms with Crippen molar-refractivity contribution in [3.05, 3.63) is 35.4 Å². The Labute approximate surface area is 95.9 Å². The molecule has 2 unspecified atom stereocenters. The molecule has 0 spiro atoms. The van der Waals surface area contributed by atoms with Crippen molar-refractivity contribution in [2.24, 2.45) is 10.7 Å². The normalized spacial score (nSPS) is 34.7. The fourth-order valence-corrected chi connectivity index (χ4v) is 2.18. The lowest BCUT2D eigenvalue weighted by molar-refractivity contribution is -0.145. The van der Waals surface area contributed by atoms with Crippen LogP contribution in [0.3, 0.4) is 0 Å². The lowest BCUT2D eigenvalue weighted by Gasteiger charge is -2.38. The first-order valence-electron chi connectivity index (χ1n) is 4.96. The zero-order valence-corrected chi connectivity index (χ0v) is 8.64. The average Bonchev–Trinajstić information content (AvgIpc) is 2.49. The minimum Gasteiger partial charge on any atom is -0.369 e. The van der Waals surface area contributed by atoms with E-state index in [1.165, 1.54) is 12.1 Å². The third-order valence-corrected chi connectivity index (χ3v) is 3.03. The number of guanidine groups is 1. The minimum atomic E-state index is -2.24. The number of hydrazine groups is 1. The van der Waals surface area contributed by atoms with Crippen molar-refractivity contribution in [1.29, 1.82) is 0 Å². The molecule has 1 aromatic rings. The molecule has 0 bridgehead atoms. The summed E-state index contributed by atoms with van der Waals surface area (Å²) >= 11 is 0. The largest absolute Gasteiger partial charge is 0.369 e. The van der Waals surface area contributed by atoms with E-state index in [2.05, 4.69) is 15.8 Å². The van der Waals surface area contributed by atoms with Crippen LogP contribution < -0.4 is 16.6 Å². The van der Waals surface area contributed by atoms with Crippen LogP contribution in [0.1, 0.15) is 15.9 Å². The van der Waals surface area contributed by atoms with Crippen molar-refractivity contribution in [2.75, 3.05) is 0 Å². The van der Waals surface area contributed by atoms with Crippen LogP contribution in [-0.4, -0.2) is 27.7 Å². The highest BCUT2D eigenvalue weighted by molar-refractivity contribution is 6.08. The van der Waals surface area contributed by atoms with Crippen molar-refractivity contribution < 1.29 is 15.0 Å². The Morgan fingerprint density at radius 2 is 2.00 bits per heavy atom. The summed E-state index contributed by atoms with van der Waals surface area (Å²) in [6.45, 7) is 0. The zero-order valence-electron chi connectivity index (χ0n) is 8.64. The van der Waals surface area contributed by atoms with E-state index >= 15 is 0 Å². The second-order valence-electron chi connectivity index (χ2n) is 4.00. The van der Waals surface area contributed by atoms with Gasteiger partial charge in [0.05, 0.1) is 0 Å². The molecule has 2 aliphatic rings. The van der Waals surface area contributed by atoms with Gasteiger partial charge in [-0.25, -0.2) is 4.99 Å². The number of benzene rings is 1. The summed E-state index contributed by atoms with van der Waals surface area (Å²) < 4.78 is 0. The third kappa shape index (κ3) is 1.00. The molecule has 88 valence electrons. The Morgan fingerprint density at radius 3 is 2.76 bits per heavy atom. The van der Waals surface area contributed by atoms with E-state index in [0.29, 0.717) is 0 Å². The van der Waals surface area contributed by atoms with Gasteiger partial charge < -0.3 is 15.9 Å². The Bertz CT molecular complexity index is 558. The highest BCUT2D eigenvalue weighted by Crippen LogP contribution is 2.44. The lowest BCUT2D eigenvalue weighted by Crippen LogP contribution is -2.70. The monoisotopic (exact) mass is 234 g/mol. The first kappa shape index (κ1) is 10.2. The van der Waals surface area contributed by atoms with Gasteiger partial charge in [0.2, 0.25) is 17.5 Å². The number of hydrogen-bond donors (Lipinski definition) is 5. The maximum absolute atomic E-state index is 12.0. The van der Waals surface area contributed by atoms with Crippen molar-refractivity contribution in [3.8, 4) is 0 Å². The van der Waals surface area contributed by atoms with Crippen LogP contribution >= 0.6 is 0 Å². The average molecular weight is 234 g/mol. The fraction of sp³-hybridized carbons (Fsp3) is 0.200. The maximum Gasteiger partial charge on any atom is 0.252 e. The molecule has 0 fully saturated rings. The predicted octanol–water partition coefficient (Wildman–Crippen LogP) is -1.86. The molecule has 6 N–H and O–H groups in total. The van der Waals surface area contributed by atoms with Crippen molar-refractivity contribution in [2.45, 2.75) is 11.4 Å². The Balaban J connectivity index is 2.33. The second-order valence-corrected chi connectivity index (χ2v) is 4.00. The number of fused-ring (bicyclic) bond motifs is 3. The predicted molar refractivity (Wildman–Crippen MR) is 57.5 cm³/mol. The molecule has 3 rings (SSSR count). The molecule has 0 radical (unpaired) electrons. The quantitative estimate of drug-likeness (QED) is 0.359. The SMILES string of the molecule is NC1=NC2(O)c3ccccc3C(=O)C2(O)NN1. The Morgan fingerprint density at radius 1 is 1.29 bits per heavy atom. The molecule has 17 heavy (non-hydrogen) atoms. The van der Waals surface area contributed by atoms with Gasteiger partial charge in [-0.05, 0) is 0 Å². The molecule has 0 saturated heterocycles. The minimum absolute atomic E-state index is 0.110. The molecule has 1 aliphatic heterocycles. The van der Waals surface area contributed by atoms with Gasteiger partial charge in [-0.3, -0.25) is 10.2 Å². The Kier molecular flexibility index (Phi) is 1.70.